The van der Waals surface area contributed by atoms with Crippen molar-refractivity contribution in [1.82, 2.24) is 0 Å². The normalized spacial score (nSPS) is 40.8. The lowest BCUT2D eigenvalue weighted by Gasteiger charge is -2.35. The van der Waals surface area contributed by atoms with E-state index in [0.717, 1.165) is 0 Å². The second kappa shape index (κ2) is 4.17. The van der Waals surface area contributed by atoms with Crippen LogP contribution in [0.5, 0.6) is 0 Å². The highest BCUT2D eigenvalue weighted by molar-refractivity contribution is 5.89. The monoisotopic (exact) mass is 188 g/mol. The Labute approximate surface area is 78.2 Å². The SMILES string of the molecule is COC1C(=O)C(OC)C(C)OC1C. The third-order valence-electron chi connectivity index (χ3n) is 2.35. The van der Waals surface area contributed by atoms with E-state index in [-0.39, 0.29) is 18.0 Å². The Hall–Kier alpha value is -0.450. The molecule has 0 aromatic carbocycles. The molecule has 1 saturated heterocycles. The second-order valence-electron chi connectivity index (χ2n) is 3.26. The molecule has 4 unspecified atom stereocenters. The number of hydrogen-bond donors (Lipinski definition) is 0. The molecular weight excluding hydrogens is 172 g/mol. The summed E-state index contributed by atoms with van der Waals surface area (Å²) in [5, 5.41) is 0. The van der Waals surface area contributed by atoms with Gasteiger partial charge < -0.3 is 14.2 Å². The number of hydrogen-bond acceptors (Lipinski definition) is 4. The predicted molar refractivity (Wildman–Crippen MR) is 46.6 cm³/mol. The molecule has 13 heavy (non-hydrogen) atoms. The molecule has 0 N–H and O–H groups in total. The van der Waals surface area contributed by atoms with Gasteiger partial charge in [0.1, 0.15) is 12.2 Å². The van der Waals surface area contributed by atoms with E-state index < -0.39 is 12.2 Å². The van der Waals surface area contributed by atoms with Crippen LogP contribution in [0.25, 0.3) is 0 Å². The average molecular weight is 188 g/mol. The first-order chi connectivity index (χ1) is 6.11. The summed E-state index contributed by atoms with van der Waals surface area (Å²) in [6.07, 6.45) is -1.39. The molecule has 0 spiro atoms. The molecule has 0 radical (unpaired) electrons. The maximum Gasteiger partial charge on any atom is 0.195 e. The fourth-order valence-electron chi connectivity index (χ4n) is 1.72. The van der Waals surface area contributed by atoms with Crippen LogP contribution in [-0.4, -0.2) is 44.4 Å². The van der Waals surface area contributed by atoms with Gasteiger partial charge in [-0.1, -0.05) is 0 Å². The molecule has 1 aliphatic rings. The molecule has 0 aliphatic carbocycles. The highest BCUT2D eigenvalue weighted by Crippen LogP contribution is 2.20. The minimum absolute atomic E-state index is 0.0312. The summed E-state index contributed by atoms with van der Waals surface area (Å²) < 4.78 is 15.6. The zero-order valence-electron chi connectivity index (χ0n) is 8.44. The molecule has 1 rings (SSSR count). The quantitative estimate of drug-likeness (QED) is 0.629. The largest absolute Gasteiger partial charge is 0.371 e. The lowest BCUT2D eigenvalue weighted by Crippen LogP contribution is -2.54. The van der Waals surface area contributed by atoms with E-state index in [9.17, 15) is 4.79 Å². The molecule has 4 atom stereocenters. The van der Waals surface area contributed by atoms with Gasteiger partial charge in [0.05, 0.1) is 12.2 Å². The van der Waals surface area contributed by atoms with Crippen LogP contribution < -0.4 is 0 Å². The summed E-state index contributed by atoms with van der Waals surface area (Å²) in [6.45, 7) is 3.66. The van der Waals surface area contributed by atoms with Crippen LogP contribution in [0.15, 0.2) is 0 Å². The molecular formula is C9H16O4. The van der Waals surface area contributed by atoms with Gasteiger partial charge in [-0.15, -0.1) is 0 Å². The van der Waals surface area contributed by atoms with Crippen molar-refractivity contribution in [2.75, 3.05) is 14.2 Å². The summed E-state index contributed by atoms with van der Waals surface area (Å²) in [7, 11) is 3.01. The molecule has 0 aromatic rings. The Bertz CT molecular complexity index is 174. The van der Waals surface area contributed by atoms with Crippen molar-refractivity contribution in [3.63, 3.8) is 0 Å². The predicted octanol–water partition coefficient (Wildman–Crippen LogP) is 0.393. The maximum absolute atomic E-state index is 11.7. The molecule has 0 bridgehead atoms. The van der Waals surface area contributed by atoms with E-state index in [4.69, 9.17) is 14.2 Å². The number of ketones is 1. The maximum atomic E-state index is 11.7. The van der Waals surface area contributed by atoms with Gasteiger partial charge in [0.25, 0.3) is 0 Å². The molecule has 1 fully saturated rings. The lowest BCUT2D eigenvalue weighted by atomic mass is 9.98. The van der Waals surface area contributed by atoms with Crippen molar-refractivity contribution in [3.05, 3.63) is 0 Å². The number of Topliss-reactive ketones (excluding diaryl/α,β-unsaturated/α-hetero) is 1. The minimum Gasteiger partial charge on any atom is -0.371 e. The zero-order valence-corrected chi connectivity index (χ0v) is 8.44. The first-order valence-electron chi connectivity index (χ1n) is 4.36. The van der Waals surface area contributed by atoms with Crippen LogP contribution in [0.3, 0.4) is 0 Å². The number of methoxy groups -OCH3 is 2. The van der Waals surface area contributed by atoms with Gasteiger partial charge in [0.2, 0.25) is 0 Å². The molecule has 0 aromatic heterocycles. The van der Waals surface area contributed by atoms with E-state index in [0.29, 0.717) is 0 Å². The van der Waals surface area contributed by atoms with Gasteiger partial charge in [-0.2, -0.15) is 0 Å². The standard InChI is InChI=1S/C9H16O4/c1-5-8(11-3)7(10)9(12-4)6(2)13-5/h5-6,8-9H,1-4H3. The topological polar surface area (TPSA) is 44.8 Å². The van der Waals surface area contributed by atoms with Crippen LogP contribution in [0.4, 0.5) is 0 Å². The van der Waals surface area contributed by atoms with Gasteiger partial charge in [0, 0.05) is 14.2 Å². The fraction of sp³-hybridized carbons (Fsp3) is 0.889. The average Bonchev–Trinajstić information content (AvgIpc) is 2.04. The molecule has 4 nitrogen and oxygen atoms in total. The van der Waals surface area contributed by atoms with Crippen molar-refractivity contribution in [2.24, 2.45) is 0 Å². The summed E-state index contributed by atoms with van der Waals surface area (Å²) >= 11 is 0. The molecule has 1 aliphatic heterocycles. The van der Waals surface area contributed by atoms with Crippen LogP contribution in [0.2, 0.25) is 0 Å². The highest BCUT2D eigenvalue weighted by atomic mass is 16.6. The fourth-order valence-corrected chi connectivity index (χ4v) is 1.72. The van der Waals surface area contributed by atoms with E-state index in [2.05, 4.69) is 0 Å². The lowest BCUT2D eigenvalue weighted by molar-refractivity contribution is -0.184. The highest BCUT2D eigenvalue weighted by Gasteiger charge is 2.41. The van der Waals surface area contributed by atoms with Crippen molar-refractivity contribution < 1.29 is 19.0 Å². The first-order valence-corrected chi connectivity index (χ1v) is 4.36. The van der Waals surface area contributed by atoms with Crippen LogP contribution in [-0.2, 0) is 19.0 Å². The van der Waals surface area contributed by atoms with Gasteiger partial charge in [-0.25, -0.2) is 0 Å². The van der Waals surface area contributed by atoms with E-state index >= 15 is 0 Å². The molecule has 76 valence electrons. The Morgan fingerprint density at radius 1 is 1.08 bits per heavy atom. The smallest absolute Gasteiger partial charge is 0.195 e. The molecule has 4 heteroatoms. The van der Waals surface area contributed by atoms with E-state index in [1.54, 1.807) is 0 Å². The van der Waals surface area contributed by atoms with Crippen LogP contribution in [0.1, 0.15) is 13.8 Å². The molecule has 0 saturated carbocycles. The van der Waals surface area contributed by atoms with Crippen molar-refractivity contribution in [3.8, 4) is 0 Å². The Morgan fingerprint density at radius 3 is 1.77 bits per heavy atom. The van der Waals surface area contributed by atoms with Crippen molar-refractivity contribution >= 4 is 5.78 Å². The Balaban J connectivity index is 2.75. The minimum atomic E-state index is -0.499. The zero-order chi connectivity index (χ0) is 10.0. The summed E-state index contributed by atoms with van der Waals surface area (Å²) in [6, 6.07) is 0. The van der Waals surface area contributed by atoms with Gasteiger partial charge in [0.15, 0.2) is 5.78 Å². The number of ether oxygens (including phenoxy) is 3. The third kappa shape index (κ3) is 1.90. The number of rotatable bonds is 2. The van der Waals surface area contributed by atoms with Crippen molar-refractivity contribution in [2.45, 2.75) is 38.3 Å². The summed E-state index contributed by atoms with van der Waals surface area (Å²) in [5.41, 5.74) is 0. The third-order valence-corrected chi connectivity index (χ3v) is 2.35. The second-order valence-corrected chi connectivity index (χ2v) is 3.26. The van der Waals surface area contributed by atoms with E-state index in [1.807, 2.05) is 13.8 Å². The van der Waals surface area contributed by atoms with E-state index in [1.165, 1.54) is 14.2 Å². The van der Waals surface area contributed by atoms with Crippen LogP contribution >= 0.6 is 0 Å². The summed E-state index contributed by atoms with van der Waals surface area (Å²) in [5.74, 6) is -0.0312. The number of carbonyl (C=O) groups excluding carboxylic acids is 1. The Kier molecular flexibility index (Phi) is 3.41. The summed E-state index contributed by atoms with van der Waals surface area (Å²) in [4.78, 5) is 11.7. The van der Waals surface area contributed by atoms with Gasteiger partial charge in [-0.3, -0.25) is 4.79 Å². The number of carbonyl (C=O) groups is 1. The van der Waals surface area contributed by atoms with Crippen molar-refractivity contribution in [1.29, 1.82) is 0 Å². The molecule has 1 heterocycles. The molecule has 0 amide bonds. The van der Waals surface area contributed by atoms with Crippen LogP contribution in [0, 0.1) is 0 Å². The van der Waals surface area contributed by atoms with Gasteiger partial charge >= 0.3 is 0 Å². The first kappa shape index (κ1) is 10.6. The Morgan fingerprint density at radius 2 is 1.46 bits per heavy atom. The van der Waals surface area contributed by atoms with Gasteiger partial charge in [-0.05, 0) is 13.8 Å².